The van der Waals surface area contributed by atoms with Crippen molar-refractivity contribution in [3.8, 4) is 0 Å². The molecule has 0 atom stereocenters. The molecule has 0 saturated heterocycles. The summed E-state index contributed by atoms with van der Waals surface area (Å²) < 4.78 is 25.8. The van der Waals surface area contributed by atoms with Gasteiger partial charge in [0.25, 0.3) is 0 Å². The average molecular weight is 181 g/mol. The molecule has 0 fully saturated rings. The fourth-order valence-electron chi connectivity index (χ4n) is 0.609. The number of sulfonamides is 1. The molecule has 0 radical (unpaired) electrons. The van der Waals surface area contributed by atoms with Gasteiger partial charge in [0.1, 0.15) is 0 Å². The third kappa shape index (κ3) is 9.87. The van der Waals surface area contributed by atoms with Crippen molar-refractivity contribution >= 4 is 10.0 Å². The third-order valence-corrected chi connectivity index (χ3v) is 1.92. The highest BCUT2D eigenvalue weighted by molar-refractivity contribution is 7.89. The highest BCUT2D eigenvalue weighted by Crippen LogP contribution is 1.88. The van der Waals surface area contributed by atoms with E-state index in [-0.39, 0.29) is 5.75 Å². The molecule has 0 amide bonds. The zero-order chi connectivity index (χ0) is 8.74. The molecule has 0 aliphatic rings. The fourth-order valence-corrected chi connectivity index (χ4v) is 1.13. The van der Waals surface area contributed by atoms with Crippen LogP contribution in [0, 0.1) is 0 Å². The smallest absolute Gasteiger partial charge is 0.209 e. The minimum Gasteiger partial charge on any atom is -0.381 e. The number of nitrogens with two attached hydrogens (primary N) is 1. The highest BCUT2D eigenvalue weighted by atomic mass is 32.2. The summed E-state index contributed by atoms with van der Waals surface area (Å²) in [5.41, 5.74) is 0. The molecule has 0 aromatic carbocycles. The Bertz CT molecular complexity index is 176. The van der Waals surface area contributed by atoms with Gasteiger partial charge in [-0.15, -0.1) is 0 Å². The van der Waals surface area contributed by atoms with Gasteiger partial charge in [0.15, 0.2) is 0 Å². The van der Waals surface area contributed by atoms with Gasteiger partial charge in [0, 0.05) is 13.2 Å². The largest absolute Gasteiger partial charge is 0.381 e. The molecule has 0 aliphatic carbocycles. The van der Waals surface area contributed by atoms with Gasteiger partial charge >= 0.3 is 0 Å². The Morgan fingerprint density at radius 3 is 2.45 bits per heavy atom. The van der Waals surface area contributed by atoms with Crippen LogP contribution < -0.4 is 5.14 Å². The number of primary sulfonamides is 1. The van der Waals surface area contributed by atoms with E-state index in [0.717, 1.165) is 6.42 Å². The zero-order valence-corrected chi connectivity index (χ0v) is 7.56. The predicted molar refractivity (Wildman–Crippen MR) is 43.7 cm³/mol. The minimum atomic E-state index is -3.29. The van der Waals surface area contributed by atoms with Crippen LogP contribution >= 0.6 is 0 Å². The Morgan fingerprint density at radius 1 is 1.36 bits per heavy atom. The van der Waals surface area contributed by atoms with Crippen molar-refractivity contribution in [2.45, 2.75) is 19.8 Å². The second-order valence-electron chi connectivity index (χ2n) is 2.33. The van der Waals surface area contributed by atoms with Crippen molar-refractivity contribution < 1.29 is 13.2 Å². The molecule has 0 bridgehead atoms. The lowest BCUT2D eigenvalue weighted by Crippen LogP contribution is -2.17. The first-order chi connectivity index (χ1) is 5.06. The van der Waals surface area contributed by atoms with E-state index in [0.29, 0.717) is 19.6 Å². The second-order valence-corrected chi connectivity index (χ2v) is 4.07. The molecular weight excluding hydrogens is 166 g/mol. The standard InChI is InChI=1S/C6H15NO3S/c1-2-4-10-5-3-6-11(7,8)9/h2-6H2,1H3,(H2,7,8,9). The maximum atomic E-state index is 10.4. The van der Waals surface area contributed by atoms with E-state index < -0.39 is 10.0 Å². The van der Waals surface area contributed by atoms with Crippen LogP contribution in [0.25, 0.3) is 0 Å². The number of hydrogen-bond donors (Lipinski definition) is 1. The van der Waals surface area contributed by atoms with Crippen LogP contribution in [0.3, 0.4) is 0 Å². The Kier molecular flexibility index (Phi) is 5.45. The quantitative estimate of drug-likeness (QED) is 0.590. The number of hydrogen-bond acceptors (Lipinski definition) is 3. The fraction of sp³-hybridized carbons (Fsp3) is 1.00. The van der Waals surface area contributed by atoms with Crippen LogP contribution in [0.15, 0.2) is 0 Å². The lowest BCUT2D eigenvalue weighted by Gasteiger charge is -2.00. The van der Waals surface area contributed by atoms with E-state index in [4.69, 9.17) is 9.88 Å². The summed E-state index contributed by atoms with van der Waals surface area (Å²) in [5.74, 6) is 0.0106. The molecule has 0 aromatic rings. The van der Waals surface area contributed by atoms with Gasteiger partial charge in [-0.1, -0.05) is 6.92 Å². The number of rotatable bonds is 6. The van der Waals surface area contributed by atoms with Crippen LogP contribution in [0.1, 0.15) is 19.8 Å². The summed E-state index contributed by atoms with van der Waals surface area (Å²) in [6.45, 7) is 3.16. The molecule has 11 heavy (non-hydrogen) atoms. The molecule has 0 aliphatic heterocycles. The second kappa shape index (κ2) is 5.51. The number of ether oxygens (including phenoxy) is 1. The van der Waals surface area contributed by atoms with Gasteiger partial charge in [0.05, 0.1) is 5.75 Å². The van der Waals surface area contributed by atoms with Crippen molar-refractivity contribution in [3.05, 3.63) is 0 Å². The van der Waals surface area contributed by atoms with Crippen molar-refractivity contribution in [1.82, 2.24) is 0 Å². The van der Waals surface area contributed by atoms with Gasteiger partial charge in [0.2, 0.25) is 10.0 Å². The molecule has 0 aromatic heterocycles. The SMILES string of the molecule is CCCOCCCS(N)(=O)=O. The zero-order valence-electron chi connectivity index (χ0n) is 6.75. The van der Waals surface area contributed by atoms with Crippen LogP contribution in [0.4, 0.5) is 0 Å². The van der Waals surface area contributed by atoms with Crippen molar-refractivity contribution in [3.63, 3.8) is 0 Å². The molecule has 68 valence electrons. The molecule has 4 nitrogen and oxygen atoms in total. The lowest BCUT2D eigenvalue weighted by atomic mass is 10.5. The Hall–Kier alpha value is -0.130. The maximum absolute atomic E-state index is 10.4. The Morgan fingerprint density at radius 2 is 2.00 bits per heavy atom. The summed E-state index contributed by atoms with van der Waals surface area (Å²) in [5, 5.41) is 4.77. The molecule has 0 rings (SSSR count). The first kappa shape index (κ1) is 10.9. The van der Waals surface area contributed by atoms with E-state index in [9.17, 15) is 8.42 Å². The van der Waals surface area contributed by atoms with E-state index in [2.05, 4.69) is 0 Å². The third-order valence-electron chi connectivity index (χ3n) is 1.07. The molecule has 0 unspecified atom stereocenters. The summed E-state index contributed by atoms with van der Waals surface area (Å²) in [6, 6.07) is 0. The van der Waals surface area contributed by atoms with E-state index in [1.807, 2.05) is 6.92 Å². The summed E-state index contributed by atoms with van der Waals surface area (Å²) >= 11 is 0. The highest BCUT2D eigenvalue weighted by Gasteiger charge is 2.00. The minimum absolute atomic E-state index is 0.0106. The summed E-state index contributed by atoms with van der Waals surface area (Å²) in [4.78, 5) is 0. The van der Waals surface area contributed by atoms with E-state index in [1.165, 1.54) is 0 Å². The van der Waals surface area contributed by atoms with Gasteiger partial charge in [-0.3, -0.25) is 0 Å². The Labute approximate surface area is 67.8 Å². The molecule has 0 heterocycles. The normalized spacial score (nSPS) is 11.8. The van der Waals surface area contributed by atoms with Gasteiger partial charge in [-0.2, -0.15) is 0 Å². The maximum Gasteiger partial charge on any atom is 0.209 e. The van der Waals surface area contributed by atoms with Crippen molar-refractivity contribution in [1.29, 1.82) is 0 Å². The lowest BCUT2D eigenvalue weighted by molar-refractivity contribution is 0.136. The van der Waals surface area contributed by atoms with Crippen LogP contribution in [-0.2, 0) is 14.8 Å². The topological polar surface area (TPSA) is 69.4 Å². The van der Waals surface area contributed by atoms with Crippen LogP contribution in [0.5, 0.6) is 0 Å². The average Bonchev–Trinajstić information content (AvgIpc) is 1.85. The van der Waals surface area contributed by atoms with Gasteiger partial charge in [-0.05, 0) is 12.8 Å². The molecule has 2 N–H and O–H groups in total. The first-order valence-corrected chi connectivity index (χ1v) is 5.36. The summed E-state index contributed by atoms with van der Waals surface area (Å²) in [7, 11) is -3.29. The van der Waals surface area contributed by atoms with Crippen LogP contribution in [0.2, 0.25) is 0 Å². The van der Waals surface area contributed by atoms with Crippen molar-refractivity contribution in [2.75, 3.05) is 19.0 Å². The Balaban J connectivity index is 3.16. The summed E-state index contributed by atoms with van der Waals surface area (Å²) in [6.07, 6.45) is 1.44. The van der Waals surface area contributed by atoms with Gasteiger partial charge in [-0.25, -0.2) is 13.6 Å². The van der Waals surface area contributed by atoms with Crippen LogP contribution in [-0.4, -0.2) is 27.4 Å². The van der Waals surface area contributed by atoms with Crippen molar-refractivity contribution in [2.24, 2.45) is 5.14 Å². The monoisotopic (exact) mass is 181 g/mol. The molecule has 5 heteroatoms. The van der Waals surface area contributed by atoms with E-state index >= 15 is 0 Å². The molecule has 0 saturated carbocycles. The first-order valence-electron chi connectivity index (χ1n) is 3.64. The van der Waals surface area contributed by atoms with Gasteiger partial charge < -0.3 is 4.74 Å². The molecule has 0 spiro atoms. The van der Waals surface area contributed by atoms with E-state index in [1.54, 1.807) is 0 Å². The predicted octanol–water partition coefficient (Wildman–Crippen LogP) is 0.0916. The molecular formula is C6H15NO3S.